The number of piperazine rings is 1. The Morgan fingerprint density at radius 3 is 2.52 bits per heavy atom. The molecule has 174 valence electrons. The van der Waals surface area contributed by atoms with Crippen LogP contribution in [0.15, 0.2) is 41.7 Å². The molecular weight excluding hydrogens is 440 g/mol. The molecule has 1 amide bonds. The molecule has 2 aliphatic rings. The van der Waals surface area contributed by atoms with E-state index < -0.39 is 16.4 Å². The maximum absolute atomic E-state index is 13.3. The van der Waals surface area contributed by atoms with Gasteiger partial charge in [-0.3, -0.25) is 9.11 Å². The Labute approximate surface area is 195 Å². The Bertz CT molecular complexity index is 1180. The first-order valence-corrected chi connectivity index (χ1v) is 12.5. The summed E-state index contributed by atoms with van der Waals surface area (Å²) >= 11 is 0. The van der Waals surface area contributed by atoms with Crippen LogP contribution < -0.4 is 4.90 Å². The van der Waals surface area contributed by atoms with Crippen molar-refractivity contribution in [2.45, 2.75) is 62.1 Å². The molecule has 0 spiro atoms. The van der Waals surface area contributed by atoms with Crippen molar-refractivity contribution < 1.29 is 13.7 Å². The normalized spacial score (nSPS) is 21.4. The fourth-order valence-electron chi connectivity index (χ4n) is 4.57. The van der Waals surface area contributed by atoms with E-state index in [0.29, 0.717) is 41.0 Å². The van der Waals surface area contributed by atoms with E-state index in [1.165, 1.54) is 0 Å². The van der Waals surface area contributed by atoms with E-state index in [2.05, 4.69) is 19.9 Å². The summed E-state index contributed by atoms with van der Waals surface area (Å²) < 4.78 is 18.9. The molecule has 2 aliphatic heterocycles. The molecule has 5 rings (SSSR count). The number of rotatable bonds is 4. The molecule has 2 bridgehead atoms. The fourth-order valence-corrected chi connectivity index (χ4v) is 5.77. The van der Waals surface area contributed by atoms with E-state index in [0.717, 1.165) is 18.4 Å². The number of nitrogens with one attached hydrogen (secondary N) is 1. The van der Waals surface area contributed by atoms with E-state index in [1.807, 2.05) is 56.0 Å². The van der Waals surface area contributed by atoms with Crippen LogP contribution in [0.3, 0.4) is 0 Å². The summed E-state index contributed by atoms with van der Waals surface area (Å²) in [6.07, 6.45) is 3.12. The van der Waals surface area contributed by atoms with E-state index in [1.54, 1.807) is 6.33 Å². The molecule has 0 saturated carbocycles. The first-order valence-electron chi connectivity index (χ1n) is 11.2. The molecule has 2 fully saturated rings. The predicted octanol–water partition coefficient (Wildman–Crippen LogP) is 3.25. The number of H-pyrrole nitrogens is 1. The van der Waals surface area contributed by atoms with Gasteiger partial charge in [-0.1, -0.05) is 30.3 Å². The van der Waals surface area contributed by atoms with Crippen LogP contribution in [-0.4, -0.2) is 65.9 Å². The Morgan fingerprint density at radius 1 is 1.15 bits per heavy atom. The zero-order valence-corrected chi connectivity index (χ0v) is 19.8. The van der Waals surface area contributed by atoms with Crippen LogP contribution >= 0.6 is 0 Å². The minimum Gasteiger partial charge on any atom is -0.444 e. The molecule has 0 radical (unpaired) electrons. The second-order valence-corrected chi connectivity index (χ2v) is 10.9. The monoisotopic (exact) mass is 468 g/mol. The molecule has 10 heteroatoms. The van der Waals surface area contributed by atoms with Crippen LogP contribution in [0.25, 0.3) is 11.2 Å². The summed E-state index contributed by atoms with van der Waals surface area (Å²) in [5, 5.41) is 0.457. The summed E-state index contributed by atoms with van der Waals surface area (Å²) in [6, 6.07) is 9.79. The Morgan fingerprint density at radius 2 is 1.85 bits per heavy atom. The molecule has 3 aromatic rings. The average molecular weight is 469 g/mol. The number of amides is 1. The van der Waals surface area contributed by atoms with Gasteiger partial charge in [-0.05, 0) is 39.2 Å². The van der Waals surface area contributed by atoms with Crippen molar-refractivity contribution in [1.29, 1.82) is 0 Å². The number of imidazole rings is 1. The number of hydrogen-bond donors (Lipinski definition) is 1. The molecule has 4 heterocycles. The van der Waals surface area contributed by atoms with Crippen molar-refractivity contribution in [1.82, 2.24) is 24.8 Å². The third kappa shape index (κ3) is 4.44. The lowest BCUT2D eigenvalue weighted by Crippen LogP contribution is -2.57. The van der Waals surface area contributed by atoms with Gasteiger partial charge < -0.3 is 14.6 Å². The maximum Gasteiger partial charge on any atom is 0.410 e. The van der Waals surface area contributed by atoms with Crippen molar-refractivity contribution >= 4 is 34.0 Å². The molecule has 33 heavy (non-hydrogen) atoms. The lowest BCUT2D eigenvalue weighted by Gasteiger charge is -2.41. The highest BCUT2D eigenvalue weighted by atomic mass is 32.2. The molecular formula is C23H28N6O3S. The Kier molecular flexibility index (Phi) is 5.55. The Hall–Kier alpha value is -3.01. The number of fused-ring (bicyclic) bond motifs is 3. The molecule has 0 aliphatic carbocycles. The van der Waals surface area contributed by atoms with Crippen LogP contribution in [0.1, 0.15) is 39.2 Å². The van der Waals surface area contributed by atoms with Gasteiger partial charge in [0.05, 0.1) is 35.0 Å². The van der Waals surface area contributed by atoms with Gasteiger partial charge in [0.1, 0.15) is 11.1 Å². The lowest BCUT2D eigenvalue weighted by molar-refractivity contribution is 0.0122. The van der Waals surface area contributed by atoms with E-state index in [4.69, 9.17) is 9.72 Å². The van der Waals surface area contributed by atoms with Crippen LogP contribution in [0.2, 0.25) is 0 Å². The third-order valence-corrected chi connectivity index (χ3v) is 7.29. The molecule has 9 nitrogen and oxygen atoms in total. The summed E-state index contributed by atoms with van der Waals surface area (Å²) in [5.74, 6) is 0.870. The summed E-state index contributed by atoms with van der Waals surface area (Å²) in [6.45, 7) is 6.86. The molecule has 3 atom stereocenters. The standard InChI is InChI=1S/C23H28N6O3S/c1-23(2,3)32-22(30)29-16-9-10-17(29)12-28(11-16)21-26-19-18(24-14-25-19)20(27-21)33(31)13-15-7-5-4-6-8-15/h4-8,14,16-17H,9-13H2,1-3H3,(H,24,25,26,27)/t16-,17+,33?. The number of aromatic nitrogens is 4. The highest BCUT2D eigenvalue weighted by molar-refractivity contribution is 7.84. The number of nitrogens with zero attached hydrogens (tertiary/aromatic N) is 5. The number of aromatic amines is 1. The number of hydrogen-bond acceptors (Lipinski definition) is 7. The lowest BCUT2D eigenvalue weighted by atomic mass is 10.2. The SMILES string of the molecule is CC(C)(C)OC(=O)N1[C@@H]2CC[C@H]1CN(c1nc(S(=O)Cc3ccccc3)c3[nH]cnc3n1)C2. The maximum atomic E-state index is 13.3. The van der Waals surface area contributed by atoms with E-state index >= 15 is 0 Å². The fraction of sp³-hybridized carbons (Fsp3) is 0.478. The van der Waals surface area contributed by atoms with Gasteiger partial charge in [-0.2, -0.15) is 4.98 Å². The predicted molar refractivity (Wildman–Crippen MR) is 125 cm³/mol. The average Bonchev–Trinajstić information content (AvgIpc) is 3.34. The third-order valence-electron chi connectivity index (χ3n) is 5.97. The quantitative estimate of drug-likeness (QED) is 0.586. The van der Waals surface area contributed by atoms with Crippen molar-refractivity contribution in [2.24, 2.45) is 0 Å². The molecule has 2 aromatic heterocycles. The van der Waals surface area contributed by atoms with Crippen molar-refractivity contribution in [2.75, 3.05) is 18.0 Å². The van der Waals surface area contributed by atoms with E-state index in [9.17, 15) is 9.00 Å². The summed E-state index contributed by atoms with van der Waals surface area (Å²) in [5.41, 5.74) is 1.55. The van der Waals surface area contributed by atoms with Gasteiger partial charge in [-0.15, -0.1) is 0 Å². The van der Waals surface area contributed by atoms with Crippen LogP contribution in [0.4, 0.5) is 10.7 Å². The highest BCUT2D eigenvalue weighted by Gasteiger charge is 2.45. The minimum atomic E-state index is -1.36. The largest absolute Gasteiger partial charge is 0.444 e. The number of carbonyl (C=O) groups excluding carboxylic acids is 1. The van der Waals surface area contributed by atoms with Crippen LogP contribution in [-0.2, 0) is 21.3 Å². The van der Waals surface area contributed by atoms with Crippen molar-refractivity contribution in [3.63, 3.8) is 0 Å². The highest BCUT2D eigenvalue weighted by Crippen LogP contribution is 2.33. The summed E-state index contributed by atoms with van der Waals surface area (Å²) in [4.78, 5) is 33.5. The smallest absolute Gasteiger partial charge is 0.410 e. The number of carbonyl (C=O) groups is 1. The van der Waals surface area contributed by atoms with Crippen molar-refractivity contribution in [3.8, 4) is 0 Å². The molecule has 1 N–H and O–H groups in total. The topological polar surface area (TPSA) is 104 Å². The number of ether oxygens (including phenoxy) is 1. The second kappa shape index (κ2) is 8.40. The van der Waals surface area contributed by atoms with Gasteiger partial charge in [-0.25, -0.2) is 14.8 Å². The van der Waals surface area contributed by atoms with Gasteiger partial charge in [0.2, 0.25) is 5.95 Å². The van der Waals surface area contributed by atoms with Gasteiger partial charge in [0.25, 0.3) is 0 Å². The van der Waals surface area contributed by atoms with Crippen molar-refractivity contribution in [3.05, 3.63) is 42.2 Å². The molecule has 1 unspecified atom stereocenters. The van der Waals surface area contributed by atoms with Gasteiger partial charge in [0.15, 0.2) is 10.7 Å². The van der Waals surface area contributed by atoms with E-state index in [-0.39, 0.29) is 18.2 Å². The first kappa shape index (κ1) is 21.8. The number of benzene rings is 1. The first-order chi connectivity index (χ1) is 15.8. The zero-order chi connectivity index (χ0) is 23.2. The minimum absolute atomic E-state index is 0.0374. The zero-order valence-electron chi connectivity index (χ0n) is 19.0. The second-order valence-electron chi connectivity index (χ2n) is 9.58. The van der Waals surface area contributed by atoms with Gasteiger partial charge in [0, 0.05) is 13.1 Å². The molecule has 1 aromatic carbocycles. The van der Waals surface area contributed by atoms with Crippen LogP contribution in [0.5, 0.6) is 0 Å². The van der Waals surface area contributed by atoms with Gasteiger partial charge >= 0.3 is 6.09 Å². The van der Waals surface area contributed by atoms with Crippen LogP contribution in [0, 0.1) is 0 Å². The Balaban J connectivity index is 1.40. The molecule has 2 saturated heterocycles. The summed E-state index contributed by atoms with van der Waals surface area (Å²) in [7, 11) is -1.36. The number of anilines is 1.